The molecule has 0 saturated carbocycles. The van der Waals surface area contributed by atoms with Crippen molar-refractivity contribution in [3.63, 3.8) is 0 Å². The Morgan fingerprint density at radius 2 is 2.18 bits per heavy atom. The van der Waals surface area contributed by atoms with Gasteiger partial charge in [0.1, 0.15) is 24.0 Å². The zero-order valence-corrected chi connectivity index (χ0v) is 19.3. The van der Waals surface area contributed by atoms with Crippen LogP contribution >= 0.6 is 0 Å². The minimum absolute atomic E-state index is 0.000196. The smallest absolute Gasteiger partial charge is 0.242 e. The molecular weight excluding hydrogens is 434 g/mol. The molecule has 0 radical (unpaired) electrons. The number of benzene rings is 1. The van der Waals surface area contributed by atoms with Gasteiger partial charge in [0.2, 0.25) is 11.7 Å². The van der Waals surface area contributed by atoms with Crippen molar-refractivity contribution in [3.05, 3.63) is 52.4 Å². The van der Waals surface area contributed by atoms with E-state index in [1.165, 1.54) is 6.20 Å². The maximum absolute atomic E-state index is 12.8. The van der Waals surface area contributed by atoms with Gasteiger partial charge in [-0.3, -0.25) is 4.79 Å². The molecule has 0 aliphatic carbocycles. The molecule has 4 heterocycles. The summed E-state index contributed by atoms with van der Waals surface area (Å²) in [6.07, 6.45) is 5.74. The van der Waals surface area contributed by atoms with E-state index < -0.39 is 5.60 Å². The number of hydrogen-bond acceptors (Lipinski definition) is 6. The molecule has 10 nitrogen and oxygen atoms in total. The normalized spacial score (nSPS) is 24.2. The predicted octanol–water partition coefficient (Wildman–Crippen LogP) is 4.25. The van der Waals surface area contributed by atoms with Gasteiger partial charge < -0.3 is 18.9 Å². The summed E-state index contributed by atoms with van der Waals surface area (Å²) < 4.78 is 14.5. The Balaban J connectivity index is 1.29. The van der Waals surface area contributed by atoms with Crippen LogP contribution in [0.15, 0.2) is 35.7 Å². The number of carbonyl (C=O) groups is 1. The standard InChI is InChI=1S/C24H27N7O3/c1-23(2)18-12-24(15-33-22(18)17-11-16(28-29-26)3-4-19(17)34-23)5-8-30(9-6-24)21(32)14-31-10-7-27-20(31)13-25/h3-4,7,10-11,18,22H,5-6,8-9,12,14-15H2,1-2H3. The number of aromatic nitrogens is 2. The fraction of sp³-hybridized carbons (Fsp3) is 0.542. The van der Waals surface area contributed by atoms with Gasteiger partial charge in [-0.15, -0.1) is 0 Å². The maximum Gasteiger partial charge on any atom is 0.242 e. The lowest BCUT2D eigenvalue weighted by Gasteiger charge is -2.54. The van der Waals surface area contributed by atoms with Crippen LogP contribution in [0.4, 0.5) is 5.69 Å². The van der Waals surface area contributed by atoms with Gasteiger partial charge in [0.25, 0.3) is 0 Å². The number of amides is 1. The van der Waals surface area contributed by atoms with E-state index in [2.05, 4.69) is 28.9 Å². The van der Waals surface area contributed by atoms with Crippen molar-refractivity contribution < 1.29 is 14.3 Å². The summed E-state index contributed by atoms with van der Waals surface area (Å²) in [6.45, 7) is 6.28. The molecule has 2 saturated heterocycles. The number of carbonyl (C=O) groups excluding carboxylic acids is 1. The molecule has 1 amide bonds. The van der Waals surface area contributed by atoms with E-state index in [1.54, 1.807) is 16.8 Å². The summed E-state index contributed by atoms with van der Waals surface area (Å²) in [6, 6.07) is 7.49. The van der Waals surface area contributed by atoms with E-state index in [0.717, 1.165) is 30.6 Å². The molecule has 1 spiro atoms. The molecule has 3 aliphatic rings. The molecule has 1 aromatic carbocycles. The van der Waals surface area contributed by atoms with Crippen LogP contribution in [0.1, 0.15) is 50.6 Å². The maximum atomic E-state index is 12.8. The highest BCUT2D eigenvalue weighted by atomic mass is 16.5. The average molecular weight is 462 g/mol. The number of hydrogen-bond donors (Lipinski definition) is 0. The van der Waals surface area contributed by atoms with Gasteiger partial charge >= 0.3 is 0 Å². The molecule has 176 valence electrons. The summed E-state index contributed by atoms with van der Waals surface area (Å²) in [7, 11) is 0. The molecule has 0 bridgehead atoms. The van der Waals surface area contributed by atoms with Gasteiger partial charge in [-0.25, -0.2) is 4.98 Å². The Kier molecular flexibility index (Phi) is 5.47. The highest BCUT2D eigenvalue weighted by Gasteiger charge is 2.52. The monoisotopic (exact) mass is 461 g/mol. The molecule has 3 aliphatic heterocycles. The Bertz CT molecular complexity index is 1200. The summed E-state index contributed by atoms with van der Waals surface area (Å²) in [4.78, 5) is 21.6. The first-order valence-electron chi connectivity index (χ1n) is 11.5. The largest absolute Gasteiger partial charge is 0.487 e. The molecule has 2 atom stereocenters. The SMILES string of the molecule is CC1(C)Oc2ccc(N=[N+]=[N-])cc2C2OCC3(CCN(C(=O)Cn4ccnc4C#N)CC3)CC21. The van der Waals surface area contributed by atoms with Gasteiger partial charge in [0.15, 0.2) is 0 Å². The molecule has 34 heavy (non-hydrogen) atoms. The van der Waals surface area contributed by atoms with Gasteiger partial charge in [-0.2, -0.15) is 5.26 Å². The molecule has 2 fully saturated rings. The van der Waals surface area contributed by atoms with E-state index in [9.17, 15) is 4.79 Å². The first-order valence-corrected chi connectivity index (χ1v) is 11.5. The fourth-order valence-electron chi connectivity index (χ4n) is 5.63. The summed E-state index contributed by atoms with van der Waals surface area (Å²) in [5.41, 5.74) is 9.88. The van der Waals surface area contributed by atoms with Gasteiger partial charge in [-0.1, -0.05) is 5.11 Å². The average Bonchev–Trinajstić information content (AvgIpc) is 3.27. The van der Waals surface area contributed by atoms with Crippen LogP contribution in [0.5, 0.6) is 5.75 Å². The summed E-state index contributed by atoms with van der Waals surface area (Å²) in [5.74, 6) is 1.16. The first-order chi connectivity index (χ1) is 16.3. The third kappa shape index (κ3) is 3.87. The van der Waals surface area contributed by atoms with Crippen molar-refractivity contribution in [2.24, 2.45) is 16.4 Å². The van der Waals surface area contributed by atoms with Crippen LogP contribution in [0.2, 0.25) is 0 Å². The zero-order valence-electron chi connectivity index (χ0n) is 19.3. The first kappa shape index (κ1) is 22.3. The quantitative estimate of drug-likeness (QED) is 0.383. The number of nitriles is 1. The van der Waals surface area contributed by atoms with Gasteiger partial charge in [0, 0.05) is 47.6 Å². The lowest BCUT2D eigenvalue weighted by atomic mass is 9.64. The van der Waals surface area contributed by atoms with E-state index in [0.29, 0.717) is 25.4 Å². The number of fused-ring (bicyclic) bond motifs is 3. The second kappa shape index (κ2) is 8.35. The number of azide groups is 1. The predicted molar refractivity (Wildman–Crippen MR) is 122 cm³/mol. The van der Waals surface area contributed by atoms with Gasteiger partial charge in [-0.05, 0) is 62.3 Å². The fourth-order valence-corrected chi connectivity index (χ4v) is 5.63. The van der Waals surface area contributed by atoms with Crippen molar-refractivity contribution in [2.45, 2.75) is 51.4 Å². The third-order valence-electron chi connectivity index (χ3n) is 7.61. The van der Waals surface area contributed by atoms with Crippen molar-refractivity contribution in [2.75, 3.05) is 19.7 Å². The lowest BCUT2D eigenvalue weighted by Crippen LogP contribution is -2.54. The summed E-state index contributed by atoms with van der Waals surface area (Å²) in [5, 5.41) is 12.9. The number of imidazole rings is 1. The minimum Gasteiger partial charge on any atom is -0.487 e. The third-order valence-corrected chi connectivity index (χ3v) is 7.61. The number of ether oxygens (including phenoxy) is 2. The van der Waals surface area contributed by atoms with E-state index in [1.807, 2.05) is 23.1 Å². The lowest BCUT2D eigenvalue weighted by molar-refractivity contribution is -0.176. The summed E-state index contributed by atoms with van der Waals surface area (Å²) >= 11 is 0. The van der Waals surface area contributed by atoms with Crippen molar-refractivity contribution in [1.82, 2.24) is 14.5 Å². The van der Waals surface area contributed by atoms with Crippen molar-refractivity contribution in [1.29, 1.82) is 5.26 Å². The molecule has 5 rings (SSSR count). The Labute approximate surface area is 197 Å². The van der Waals surface area contributed by atoms with Crippen molar-refractivity contribution in [3.8, 4) is 11.8 Å². The molecule has 1 aromatic heterocycles. The minimum atomic E-state index is -0.410. The molecule has 2 aromatic rings. The number of likely N-dealkylation sites (tertiary alicyclic amines) is 1. The second-order valence-electron chi connectivity index (χ2n) is 10.0. The topological polar surface area (TPSA) is 129 Å². The molecular formula is C24H27N7O3. The number of nitrogens with zero attached hydrogens (tertiary/aromatic N) is 7. The molecule has 2 unspecified atom stereocenters. The van der Waals surface area contributed by atoms with E-state index in [4.69, 9.17) is 20.3 Å². The van der Waals surface area contributed by atoms with Crippen LogP contribution < -0.4 is 4.74 Å². The van der Waals surface area contributed by atoms with Crippen LogP contribution in [-0.4, -0.2) is 45.7 Å². The molecule has 0 N–H and O–H groups in total. The Morgan fingerprint density at radius 3 is 2.91 bits per heavy atom. The zero-order chi connectivity index (χ0) is 23.9. The Morgan fingerprint density at radius 1 is 1.38 bits per heavy atom. The second-order valence-corrected chi connectivity index (χ2v) is 10.0. The highest BCUT2D eigenvalue weighted by Crippen LogP contribution is 2.55. The van der Waals surface area contributed by atoms with E-state index >= 15 is 0 Å². The van der Waals surface area contributed by atoms with Crippen LogP contribution in [0.3, 0.4) is 0 Å². The number of rotatable bonds is 3. The Hall–Kier alpha value is -3.54. The number of piperidine rings is 1. The van der Waals surface area contributed by atoms with Crippen LogP contribution in [0.25, 0.3) is 10.4 Å². The van der Waals surface area contributed by atoms with Crippen LogP contribution in [0, 0.1) is 22.7 Å². The van der Waals surface area contributed by atoms with Crippen LogP contribution in [-0.2, 0) is 16.1 Å². The van der Waals surface area contributed by atoms with Crippen molar-refractivity contribution >= 4 is 11.6 Å². The van der Waals surface area contributed by atoms with Gasteiger partial charge in [0.05, 0.1) is 12.7 Å². The van der Waals surface area contributed by atoms with E-state index in [-0.39, 0.29) is 35.7 Å². The molecule has 10 heteroatoms. The highest BCUT2D eigenvalue weighted by molar-refractivity contribution is 5.76.